The van der Waals surface area contributed by atoms with E-state index in [1.165, 1.54) is 22.8 Å². The van der Waals surface area contributed by atoms with Crippen LogP contribution in [0.1, 0.15) is 11.4 Å². The Morgan fingerprint density at radius 3 is 2.68 bits per heavy atom. The molecule has 1 aromatic heterocycles. The number of aromatic amines is 1. The van der Waals surface area contributed by atoms with Crippen molar-refractivity contribution < 1.29 is 9.13 Å². The molecule has 0 atom stereocenters. The number of hydrogen-bond donors (Lipinski definition) is 1. The third-order valence-electron chi connectivity index (χ3n) is 3.67. The van der Waals surface area contributed by atoms with E-state index in [-0.39, 0.29) is 28.7 Å². The van der Waals surface area contributed by atoms with Crippen LogP contribution in [-0.4, -0.2) is 14.8 Å². The molecule has 0 saturated carbocycles. The Labute approximate surface area is 147 Å². The summed E-state index contributed by atoms with van der Waals surface area (Å²) in [5.41, 5.74) is 1.18. The predicted molar refractivity (Wildman–Crippen MR) is 89.7 cm³/mol. The van der Waals surface area contributed by atoms with E-state index in [4.69, 9.17) is 16.3 Å². The van der Waals surface area contributed by atoms with E-state index >= 15 is 0 Å². The van der Waals surface area contributed by atoms with Crippen molar-refractivity contribution in [1.82, 2.24) is 14.8 Å². The lowest BCUT2D eigenvalue weighted by Crippen LogP contribution is -2.15. The lowest BCUT2D eigenvalue weighted by Gasteiger charge is -2.13. The van der Waals surface area contributed by atoms with Gasteiger partial charge in [0, 0.05) is 18.7 Å². The highest BCUT2D eigenvalue weighted by atomic mass is 35.5. The van der Waals surface area contributed by atoms with Gasteiger partial charge in [0.25, 0.3) is 0 Å². The van der Waals surface area contributed by atoms with Crippen molar-refractivity contribution >= 4 is 11.6 Å². The average Bonchev–Trinajstić information content (AvgIpc) is 2.93. The minimum atomic E-state index is -0.368. The summed E-state index contributed by atoms with van der Waals surface area (Å²) in [7, 11) is 1.57. The molecule has 6 nitrogen and oxygen atoms in total. The first kappa shape index (κ1) is 16.7. The molecule has 0 radical (unpaired) electrons. The molecule has 0 saturated heterocycles. The maximum absolute atomic E-state index is 13.2. The lowest BCUT2D eigenvalue weighted by atomic mass is 10.0. The quantitative estimate of drug-likeness (QED) is 0.777. The van der Waals surface area contributed by atoms with E-state index in [2.05, 4.69) is 10.2 Å². The first-order valence-corrected chi connectivity index (χ1v) is 7.60. The zero-order valence-electron chi connectivity index (χ0n) is 13.1. The van der Waals surface area contributed by atoms with Gasteiger partial charge in [-0.1, -0.05) is 23.7 Å². The summed E-state index contributed by atoms with van der Waals surface area (Å²) in [6.07, 6.45) is 0. The van der Waals surface area contributed by atoms with Crippen LogP contribution in [0, 0.1) is 17.1 Å². The molecule has 1 N–H and O–H groups in total. The van der Waals surface area contributed by atoms with Crippen LogP contribution in [0.25, 0.3) is 11.1 Å². The Kier molecular flexibility index (Phi) is 4.55. The Morgan fingerprint density at radius 2 is 2.08 bits per heavy atom. The van der Waals surface area contributed by atoms with Crippen molar-refractivity contribution in [1.29, 1.82) is 5.26 Å². The number of nitrogens with zero attached hydrogens (tertiary/aromatic N) is 3. The second-order valence-electron chi connectivity index (χ2n) is 5.24. The summed E-state index contributed by atoms with van der Waals surface area (Å²) in [6, 6.07) is 10.9. The standard InChI is InChI=1S/C17H12ClFN4O2/c1-23-16(21-22-17(23)24)9-25-15-7-14(18)11(8-20)6-13(15)10-2-4-12(19)5-3-10/h2-7H,9H2,1H3,(H,22,24). The summed E-state index contributed by atoms with van der Waals surface area (Å²) in [5, 5.41) is 15.6. The highest BCUT2D eigenvalue weighted by Crippen LogP contribution is 2.35. The molecule has 1 heterocycles. The average molecular weight is 359 g/mol. The van der Waals surface area contributed by atoms with Gasteiger partial charge in [0.15, 0.2) is 5.82 Å². The number of benzene rings is 2. The molecule has 0 aliphatic heterocycles. The molecule has 0 amide bonds. The Balaban J connectivity index is 2.01. The van der Waals surface area contributed by atoms with E-state index in [1.807, 2.05) is 6.07 Å². The minimum absolute atomic E-state index is 0.0195. The van der Waals surface area contributed by atoms with E-state index < -0.39 is 0 Å². The van der Waals surface area contributed by atoms with Crippen molar-refractivity contribution in [3.05, 3.63) is 69.1 Å². The third-order valence-corrected chi connectivity index (χ3v) is 3.99. The third kappa shape index (κ3) is 3.39. The van der Waals surface area contributed by atoms with E-state index in [0.717, 1.165) is 0 Å². The molecule has 3 aromatic rings. The van der Waals surface area contributed by atoms with Gasteiger partial charge in [-0.15, -0.1) is 0 Å². The molecule has 0 fully saturated rings. The summed E-state index contributed by atoms with van der Waals surface area (Å²) in [6.45, 7) is 0.0195. The second kappa shape index (κ2) is 6.79. The monoisotopic (exact) mass is 358 g/mol. The van der Waals surface area contributed by atoms with Gasteiger partial charge in [-0.3, -0.25) is 4.57 Å². The van der Waals surface area contributed by atoms with Crippen LogP contribution in [0.3, 0.4) is 0 Å². The summed E-state index contributed by atoms with van der Waals surface area (Å²) in [5.74, 6) is 0.425. The molecule has 0 aliphatic carbocycles. The topological polar surface area (TPSA) is 83.7 Å². The summed E-state index contributed by atoms with van der Waals surface area (Å²) < 4.78 is 20.3. The van der Waals surface area contributed by atoms with Crippen molar-refractivity contribution in [2.24, 2.45) is 7.05 Å². The zero-order chi connectivity index (χ0) is 18.0. The summed E-state index contributed by atoms with van der Waals surface area (Å²) in [4.78, 5) is 11.4. The fourth-order valence-electron chi connectivity index (χ4n) is 2.27. The van der Waals surface area contributed by atoms with Crippen molar-refractivity contribution in [2.45, 2.75) is 6.61 Å². The molecule has 0 unspecified atom stereocenters. The van der Waals surface area contributed by atoms with E-state index in [0.29, 0.717) is 22.7 Å². The molecule has 25 heavy (non-hydrogen) atoms. The van der Waals surface area contributed by atoms with Gasteiger partial charge in [0.2, 0.25) is 0 Å². The second-order valence-corrected chi connectivity index (χ2v) is 5.65. The van der Waals surface area contributed by atoms with Crippen LogP contribution in [0.5, 0.6) is 5.75 Å². The van der Waals surface area contributed by atoms with Gasteiger partial charge in [-0.25, -0.2) is 14.3 Å². The van der Waals surface area contributed by atoms with Crippen LogP contribution in [0.2, 0.25) is 5.02 Å². The smallest absolute Gasteiger partial charge is 0.343 e. The molecule has 0 bridgehead atoms. The number of nitrogens with one attached hydrogen (secondary N) is 1. The van der Waals surface area contributed by atoms with Gasteiger partial charge >= 0.3 is 5.69 Å². The number of rotatable bonds is 4. The normalized spacial score (nSPS) is 10.5. The largest absolute Gasteiger partial charge is 0.485 e. The maximum atomic E-state index is 13.2. The Bertz CT molecular complexity index is 1020. The highest BCUT2D eigenvalue weighted by molar-refractivity contribution is 6.32. The molecule has 126 valence electrons. The van der Waals surface area contributed by atoms with Crippen LogP contribution >= 0.6 is 11.6 Å². The summed E-state index contributed by atoms with van der Waals surface area (Å²) >= 11 is 6.09. The first-order valence-electron chi connectivity index (χ1n) is 7.22. The Morgan fingerprint density at radius 1 is 1.36 bits per heavy atom. The van der Waals surface area contributed by atoms with Gasteiger partial charge in [-0.05, 0) is 23.8 Å². The van der Waals surface area contributed by atoms with Crippen molar-refractivity contribution in [3.8, 4) is 22.9 Å². The van der Waals surface area contributed by atoms with E-state index in [1.54, 1.807) is 25.2 Å². The SMILES string of the molecule is Cn1c(COc2cc(Cl)c(C#N)cc2-c2ccc(F)cc2)n[nH]c1=O. The van der Waals surface area contributed by atoms with Crippen LogP contribution in [0.4, 0.5) is 4.39 Å². The first-order chi connectivity index (χ1) is 12.0. The fraction of sp³-hybridized carbons (Fsp3) is 0.118. The number of aromatic nitrogens is 3. The molecule has 0 aliphatic rings. The van der Waals surface area contributed by atoms with Gasteiger partial charge in [-0.2, -0.15) is 10.4 Å². The zero-order valence-corrected chi connectivity index (χ0v) is 13.8. The van der Waals surface area contributed by atoms with Crippen molar-refractivity contribution in [3.63, 3.8) is 0 Å². The van der Waals surface area contributed by atoms with Crippen molar-refractivity contribution in [2.75, 3.05) is 0 Å². The number of nitriles is 1. The number of hydrogen-bond acceptors (Lipinski definition) is 4. The van der Waals surface area contributed by atoms with Crippen LogP contribution in [0.15, 0.2) is 41.2 Å². The highest BCUT2D eigenvalue weighted by Gasteiger charge is 2.14. The van der Waals surface area contributed by atoms with E-state index in [9.17, 15) is 14.4 Å². The Hall–Kier alpha value is -3.11. The molecule has 8 heteroatoms. The fourth-order valence-corrected chi connectivity index (χ4v) is 2.46. The molecule has 0 spiro atoms. The van der Waals surface area contributed by atoms with Gasteiger partial charge < -0.3 is 4.74 Å². The van der Waals surface area contributed by atoms with Gasteiger partial charge in [0.1, 0.15) is 24.2 Å². The van der Waals surface area contributed by atoms with Crippen LogP contribution in [-0.2, 0) is 13.7 Å². The molecular formula is C17H12ClFN4O2. The van der Waals surface area contributed by atoms with Crippen LogP contribution < -0.4 is 10.4 Å². The minimum Gasteiger partial charge on any atom is -0.485 e. The predicted octanol–water partition coefficient (Wildman–Crippen LogP) is 3.02. The number of H-pyrrole nitrogens is 1. The lowest BCUT2D eigenvalue weighted by molar-refractivity contribution is 0.292. The number of halogens is 2. The molecular weight excluding hydrogens is 347 g/mol. The molecule has 3 rings (SSSR count). The molecule has 2 aromatic carbocycles. The number of ether oxygens (including phenoxy) is 1. The maximum Gasteiger partial charge on any atom is 0.343 e. The van der Waals surface area contributed by atoms with Gasteiger partial charge in [0.05, 0.1) is 10.6 Å².